The van der Waals surface area contributed by atoms with Gasteiger partial charge in [0.2, 0.25) is 0 Å². The number of likely N-dealkylation sites (N-methyl/N-ethyl adjacent to an activating group) is 1. The average Bonchev–Trinajstić information content (AvgIpc) is 3.15. The molecule has 0 fully saturated rings. The lowest BCUT2D eigenvalue weighted by Crippen LogP contribution is -2.35. The quantitative estimate of drug-likeness (QED) is 0.722. The largest absolute Gasteiger partial charge is 0.493 e. The van der Waals surface area contributed by atoms with Gasteiger partial charge in [0, 0.05) is 13.1 Å². The molecule has 0 radical (unpaired) electrons. The van der Waals surface area contributed by atoms with Crippen LogP contribution in [0.25, 0.3) is 0 Å². The summed E-state index contributed by atoms with van der Waals surface area (Å²) in [4.78, 5) is 2.39. The molecular weight excluding hydrogens is 304 g/mol. The van der Waals surface area contributed by atoms with E-state index in [1.807, 2.05) is 30.3 Å². The molecule has 1 unspecified atom stereocenters. The summed E-state index contributed by atoms with van der Waals surface area (Å²) < 4.78 is 16.3. The fourth-order valence-electron chi connectivity index (χ4n) is 2.90. The van der Waals surface area contributed by atoms with E-state index >= 15 is 0 Å². The van der Waals surface area contributed by atoms with Gasteiger partial charge in [-0.15, -0.1) is 0 Å². The first-order valence-electron chi connectivity index (χ1n) is 8.42. The van der Waals surface area contributed by atoms with Crippen molar-refractivity contribution in [2.45, 2.75) is 26.4 Å². The molecule has 0 aliphatic rings. The van der Waals surface area contributed by atoms with Crippen LogP contribution in [-0.4, -0.2) is 38.8 Å². The van der Waals surface area contributed by atoms with Crippen molar-refractivity contribution in [2.24, 2.45) is 0 Å². The molecule has 0 amide bonds. The molecular formula is C19H28N2O3. The number of hydrogen-bond acceptors (Lipinski definition) is 5. The van der Waals surface area contributed by atoms with Crippen molar-refractivity contribution in [1.82, 2.24) is 10.2 Å². The first-order chi connectivity index (χ1) is 11.7. The second-order valence-corrected chi connectivity index (χ2v) is 5.57. The topological polar surface area (TPSA) is 46.9 Å². The first-order valence-corrected chi connectivity index (χ1v) is 8.42. The number of nitrogens with one attached hydrogen (secondary N) is 1. The molecule has 0 bridgehead atoms. The van der Waals surface area contributed by atoms with E-state index in [0.717, 1.165) is 49.0 Å². The van der Waals surface area contributed by atoms with Crippen LogP contribution in [0, 0.1) is 0 Å². The van der Waals surface area contributed by atoms with Crippen molar-refractivity contribution in [1.29, 1.82) is 0 Å². The molecule has 5 heteroatoms. The van der Waals surface area contributed by atoms with Gasteiger partial charge >= 0.3 is 0 Å². The molecule has 0 spiro atoms. The summed E-state index contributed by atoms with van der Waals surface area (Å²) in [5.41, 5.74) is 1.16. The van der Waals surface area contributed by atoms with Crippen LogP contribution in [0.2, 0.25) is 0 Å². The van der Waals surface area contributed by atoms with E-state index in [-0.39, 0.29) is 6.04 Å². The summed E-state index contributed by atoms with van der Waals surface area (Å²) in [6.45, 7) is 7.91. The van der Waals surface area contributed by atoms with Crippen molar-refractivity contribution in [3.63, 3.8) is 0 Å². The zero-order valence-corrected chi connectivity index (χ0v) is 15.0. The minimum absolute atomic E-state index is 0.232. The minimum atomic E-state index is 0.232. The van der Waals surface area contributed by atoms with Crippen LogP contribution in [-0.2, 0) is 6.54 Å². The predicted molar refractivity (Wildman–Crippen MR) is 95.6 cm³/mol. The molecule has 24 heavy (non-hydrogen) atoms. The summed E-state index contributed by atoms with van der Waals surface area (Å²) in [5, 5.41) is 3.53. The summed E-state index contributed by atoms with van der Waals surface area (Å²) in [6.07, 6.45) is 1.74. The Balaban J connectivity index is 2.00. The van der Waals surface area contributed by atoms with Gasteiger partial charge in [-0.3, -0.25) is 4.90 Å². The molecule has 0 aliphatic carbocycles. The van der Waals surface area contributed by atoms with Gasteiger partial charge in [-0.1, -0.05) is 19.9 Å². The highest BCUT2D eigenvalue weighted by atomic mass is 16.5. The Morgan fingerprint density at radius 2 is 1.83 bits per heavy atom. The number of methoxy groups -OCH3 is 2. The maximum Gasteiger partial charge on any atom is 0.161 e. The van der Waals surface area contributed by atoms with E-state index in [4.69, 9.17) is 13.9 Å². The minimum Gasteiger partial charge on any atom is -0.493 e. The van der Waals surface area contributed by atoms with Gasteiger partial charge in [-0.05, 0) is 42.9 Å². The molecule has 5 nitrogen and oxygen atoms in total. The van der Waals surface area contributed by atoms with Crippen molar-refractivity contribution in [2.75, 3.05) is 33.9 Å². The molecule has 1 atom stereocenters. The zero-order chi connectivity index (χ0) is 17.4. The van der Waals surface area contributed by atoms with Crippen LogP contribution in [0.3, 0.4) is 0 Å². The third-order valence-electron chi connectivity index (χ3n) is 4.24. The van der Waals surface area contributed by atoms with Gasteiger partial charge in [0.15, 0.2) is 11.5 Å². The lowest BCUT2D eigenvalue weighted by Gasteiger charge is -2.28. The SMILES string of the molecule is CCN(CC)C(CNCc1ccc(OC)c(OC)c1)c1ccco1. The van der Waals surface area contributed by atoms with Gasteiger partial charge in [-0.25, -0.2) is 0 Å². The molecule has 0 aliphatic heterocycles. The Kier molecular flexibility index (Phi) is 7.15. The van der Waals surface area contributed by atoms with E-state index < -0.39 is 0 Å². The van der Waals surface area contributed by atoms with Crippen LogP contribution in [0.5, 0.6) is 11.5 Å². The Morgan fingerprint density at radius 3 is 2.42 bits per heavy atom. The fraction of sp³-hybridized carbons (Fsp3) is 0.474. The van der Waals surface area contributed by atoms with Crippen LogP contribution in [0.4, 0.5) is 0 Å². The normalized spacial score (nSPS) is 12.4. The van der Waals surface area contributed by atoms with Gasteiger partial charge < -0.3 is 19.2 Å². The van der Waals surface area contributed by atoms with Crippen molar-refractivity contribution in [3.8, 4) is 11.5 Å². The molecule has 0 saturated carbocycles. The highest BCUT2D eigenvalue weighted by Gasteiger charge is 2.20. The average molecular weight is 332 g/mol. The maximum absolute atomic E-state index is 5.63. The monoisotopic (exact) mass is 332 g/mol. The van der Waals surface area contributed by atoms with Crippen LogP contribution < -0.4 is 14.8 Å². The van der Waals surface area contributed by atoms with E-state index in [2.05, 4.69) is 24.1 Å². The molecule has 1 heterocycles. The summed E-state index contributed by atoms with van der Waals surface area (Å²) in [6, 6.07) is 10.2. The third kappa shape index (κ3) is 4.52. The number of benzene rings is 1. The Morgan fingerprint density at radius 1 is 1.08 bits per heavy atom. The van der Waals surface area contributed by atoms with Crippen molar-refractivity contribution >= 4 is 0 Å². The zero-order valence-electron chi connectivity index (χ0n) is 15.0. The van der Waals surface area contributed by atoms with Gasteiger partial charge in [0.25, 0.3) is 0 Å². The van der Waals surface area contributed by atoms with Crippen molar-refractivity contribution < 1.29 is 13.9 Å². The molecule has 2 rings (SSSR count). The highest BCUT2D eigenvalue weighted by molar-refractivity contribution is 5.42. The maximum atomic E-state index is 5.63. The highest BCUT2D eigenvalue weighted by Crippen LogP contribution is 2.27. The lowest BCUT2D eigenvalue weighted by molar-refractivity contribution is 0.188. The summed E-state index contributed by atoms with van der Waals surface area (Å²) in [5.74, 6) is 2.50. The number of furan rings is 1. The molecule has 0 saturated heterocycles. The van der Waals surface area contributed by atoms with E-state index in [1.165, 1.54) is 0 Å². The Bertz CT molecular complexity index is 595. The number of ether oxygens (including phenoxy) is 2. The molecule has 1 aromatic heterocycles. The smallest absolute Gasteiger partial charge is 0.161 e. The van der Waals surface area contributed by atoms with Crippen molar-refractivity contribution in [3.05, 3.63) is 47.9 Å². The predicted octanol–water partition coefficient (Wildman–Crippen LogP) is 3.47. The summed E-state index contributed by atoms with van der Waals surface area (Å²) in [7, 11) is 3.30. The Hall–Kier alpha value is -1.98. The van der Waals surface area contributed by atoms with Crippen LogP contribution in [0.15, 0.2) is 41.0 Å². The van der Waals surface area contributed by atoms with E-state index in [9.17, 15) is 0 Å². The lowest BCUT2D eigenvalue weighted by atomic mass is 10.1. The standard InChI is InChI=1S/C19H28N2O3/c1-5-21(6-2)16(17-8-7-11-24-17)14-20-13-15-9-10-18(22-3)19(12-15)23-4/h7-12,16,20H,5-6,13-14H2,1-4H3. The number of hydrogen-bond donors (Lipinski definition) is 1. The molecule has 2 aromatic rings. The van der Waals surface area contributed by atoms with E-state index in [1.54, 1.807) is 20.5 Å². The molecule has 1 N–H and O–H groups in total. The molecule has 1 aromatic carbocycles. The third-order valence-corrected chi connectivity index (χ3v) is 4.24. The van der Waals surface area contributed by atoms with E-state index in [0.29, 0.717) is 0 Å². The Labute approximate surface area is 144 Å². The summed E-state index contributed by atoms with van der Waals surface area (Å²) >= 11 is 0. The number of nitrogens with zero attached hydrogens (tertiary/aromatic N) is 1. The van der Waals surface area contributed by atoms with Gasteiger partial charge in [0.05, 0.1) is 26.5 Å². The van der Waals surface area contributed by atoms with Gasteiger partial charge in [-0.2, -0.15) is 0 Å². The van der Waals surface area contributed by atoms with Crippen LogP contribution >= 0.6 is 0 Å². The fourth-order valence-corrected chi connectivity index (χ4v) is 2.90. The van der Waals surface area contributed by atoms with Gasteiger partial charge in [0.1, 0.15) is 5.76 Å². The second kappa shape index (κ2) is 9.35. The first kappa shape index (κ1) is 18.4. The van der Waals surface area contributed by atoms with Crippen LogP contribution in [0.1, 0.15) is 31.2 Å². The molecule has 132 valence electrons. The second-order valence-electron chi connectivity index (χ2n) is 5.57. The number of rotatable bonds is 10.